The molecule has 5 heteroatoms. The average Bonchev–Trinajstić information content (AvgIpc) is 3.25. The maximum atomic E-state index is 13.7. The van der Waals surface area contributed by atoms with Gasteiger partial charge in [0.15, 0.2) is 0 Å². The zero-order valence-electron chi connectivity index (χ0n) is 18.2. The molecule has 0 radical (unpaired) electrons. The molecule has 3 aromatic carbocycles. The summed E-state index contributed by atoms with van der Waals surface area (Å²) in [6, 6.07) is 27.7. The van der Waals surface area contributed by atoms with Crippen LogP contribution in [-0.2, 0) is 6.54 Å². The molecular weight excluding hydrogens is 398 g/mol. The topological polar surface area (TPSA) is 46.5 Å². The lowest BCUT2D eigenvalue weighted by molar-refractivity contribution is 0.194. The second-order valence-corrected chi connectivity index (χ2v) is 7.98. The van der Waals surface area contributed by atoms with Gasteiger partial charge >= 0.3 is 6.03 Å². The Bertz CT molecular complexity index is 1260. The molecule has 0 saturated carbocycles. The van der Waals surface area contributed by atoms with Crippen LogP contribution in [0.15, 0.2) is 91.1 Å². The van der Waals surface area contributed by atoms with Crippen molar-refractivity contribution in [1.29, 1.82) is 0 Å². The molecular formula is C27H25N3O2. The molecule has 1 aliphatic heterocycles. The number of hydrogen-bond donors (Lipinski definition) is 1. The molecule has 0 aliphatic carbocycles. The molecule has 1 atom stereocenters. The van der Waals surface area contributed by atoms with Gasteiger partial charge in [0.05, 0.1) is 19.3 Å². The first-order valence-corrected chi connectivity index (χ1v) is 10.7. The summed E-state index contributed by atoms with van der Waals surface area (Å²) in [5.41, 5.74) is 6.27. The van der Waals surface area contributed by atoms with Crippen molar-refractivity contribution in [1.82, 2.24) is 9.47 Å². The van der Waals surface area contributed by atoms with Crippen LogP contribution in [0.5, 0.6) is 5.75 Å². The van der Waals surface area contributed by atoms with Crippen LogP contribution in [0.1, 0.15) is 28.4 Å². The van der Waals surface area contributed by atoms with Crippen molar-refractivity contribution in [3.05, 3.63) is 114 Å². The number of para-hydroxylation sites is 1. The van der Waals surface area contributed by atoms with Crippen molar-refractivity contribution < 1.29 is 9.53 Å². The second kappa shape index (κ2) is 8.27. The van der Waals surface area contributed by atoms with Gasteiger partial charge < -0.3 is 19.5 Å². The Morgan fingerprint density at radius 2 is 1.69 bits per heavy atom. The molecule has 0 fully saturated rings. The van der Waals surface area contributed by atoms with E-state index < -0.39 is 0 Å². The van der Waals surface area contributed by atoms with Crippen LogP contribution >= 0.6 is 0 Å². The molecule has 2 heterocycles. The predicted molar refractivity (Wildman–Crippen MR) is 126 cm³/mol. The fourth-order valence-electron chi connectivity index (χ4n) is 4.43. The third-order valence-corrected chi connectivity index (χ3v) is 6.05. The van der Waals surface area contributed by atoms with Crippen LogP contribution in [0.2, 0.25) is 0 Å². The normalized spacial score (nSPS) is 14.8. The highest BCUT2D eigenvalue weighted by atomic mass is 16.5. The number of aryl methyl sites for hydroxylation is 1. The van der Waals surface area contributed by atoms with Crippen molar-refractivity contribution in [3.8, 4) is 11.4 Å². The Balaban J connectivity index is 1.61. The number of fused-ring (bicyclic) bond motifs is 3. The van der Waals surface area contributed by atoms with Gasteiger partial charge in [-0.1, -0.05) is 42.5 Å². The summed E-state index contributed by atoms with van der Waals surface area (Å²) < 4.78 is 7.44. The number of methoxy groups -OCH3 is 1. The quantitative estimate of drug-likeness (QED) is 0.444. The summed E-state index contributed by atoms with van der Waals surface area (Å²) in [7, 11) is 1.63. The van der Waals surface area contributed by atoms with E-state index >= 15 is 0 Å². The van der Waals surface area contributed by atoms with E-state index in [4.69, 9.17) is 4.74 Å². The maximum absolute atomic E-state index is 13.7. The highest BCUT2D eigenvalue weighted by Crippen LogP contribution is 2.38. The molecule has 0 unspecified atom stereocenters. The number of rotatable bonds is 3. The minimum absolute atomic E-state index is 0.145. The smallest absolute Gasteiger partial charge is 0.322 e. The van der Waals surface area contributed by atoms with E-state index in [-0.39, 0.29) is 12.1 Å². The number of nitrogens with zero attached hydrogens (tertiary/aromatic N) is 2. The van der Waals surface area contributed by atoms with Gasteiger partial charge in [-0.15, -0.1) is 0 Å². The van der Waals surface area contributed by atoms with Crippen LogP contribution < -0.4 is 10.1 Å². The van der Waals surface area contributed by atoms with Gasteiger partial charge in [-0.25, -0.2) is 4.79 Å². The Morgan fingerprint density at radius 3 is 2.47 bits per heavy atom. The van der Waals surface area contributed by atoms with E-state index in [1.807, 2.05) is 59.5 Å². The van der Waals surface area contributed by atoms with E-state index in [1.165, 1.54) is 0 Å². The van der Waals surface area contributed by atoms with Crippen LogP contribution in [0.4, 0.5) is 10.5 Å². The minimum atomic E-state index is -0.225. The van der Waals surface area contributed by atoms with E-state index in [9.17, 15) is 4.79 Å². The number of aromatic nitrogens is 1. The highest BCUT2D eigenvalue weighted by Gasteiger charge is 2.33. The largest absolute Gasteiger partial charge is 0.497 e. The Hall–Kier alpha value is -3.99. The summed E-state index contributed by atoms with van der Waals surface area (Å²) >= 11 is 0. The maximum Gasteiger partial charge on any atom is 0.322 e. The first kappa shape index (κ1) is 19.9. The van der Waals surface area contributed by atoms with Crippen molar-refractivity contribution in [2.75, 3.05) is 12.4 Å². The lowest BCUT2D eigenvalue weighted by Crippen LogP contribution is -2.38. The average molecular weight is 424 g/mol. The summed E-state index contributed by atoms with van der Waals surface area (Å²) in [4.78, 5) is 15.6. The Morgan fingerprint density at radius 1 is 0.938 bits per heavy atom. The summed E-state index contributed by atoms with van der Waals surface area (Å²) in [6.45, 7) is 2.60. The van der Waals surface area contributed by atoms with Crippen LogP contribution in [0.25, 0.3) is 5.69 Å². The number of anilines is 1. The summed E-state index contributed by atoms with van der Waals surface area (Å²) in [6.07, 6.45) is 2.07. The van der Waals surface area contributed by atoms with Crippen molar-refractivity contribution in [2.24, 2.45) is 0 Å². The molecule has 0 spiro atoms. The van der Waals surface area contributed by atoms with E-state index in [1.54, 1.807) is 7.11 Å². The molecule has 32 heavy (non-hydrogen) atoms. The molecule has 5 nitrogen and oxygen atoms in total. The number of benzene rings is 3. The number of carbonyl (C=O) groups is 1. The van der Waals surface area contributed by atoms with Gasteiger partial charge in [-0.05, 0) is 66.1 Å². The summed E-state index contributed by atoms with van der Waals surface area (Å²) in [5.74, 6) is 0.752. The Kier molecular flexibility index (Phi) is 5.15. The minimum Gasteiger partial charge on any atom is -0.497 e. The third-order valence-electron chi connectivity index (χ3n) is 6.05. The Labute approximate surface area is 187 Å². The van der Waals surface area contributed by atoms with Gasteiger partial charge in [0, 0.05) is 17.6 Å². The SMILES string of the molecule is COc1ccc(NC(=O)N2Cc3ccccc3-n3cccc3[C@H]2c2ccccc2C)cc1. The van der Waals surface area contributed by atoms with Crippen LogP contribution in [0.3, 0.4) is 0 Å². The van der Waals surface area contributed by atoms with E-state index in [2.05, 4.69) is 53.3 Å². The van der Waals surface area contributed by atoms with E-state index in [0.29, 0.717) is 6.54 Å². The van der Waals surface area contributed by atoms with Gasteiger partial charge in [-0.3, -0.25) is 0 Å². The molecule has 0 bridgehead atoms. The van der Waals surface area contributed by atoms with Crippen LogP contribution in [-0.4, -0.2) is 22.6 Å². The number of nitrogens with one attached hydrogen (secondary N) is 1. The molecule has 1 N–H and O–H groups in total. The van der Waals surface area contributed by atoms with Gasteiger partial charge in [0.1, 0.15) is 11.8 Å². The monoisotopic (exact) mass is 423 g/mol. The molecule has 0 saturated heterocycles. The van der Waals surface area contributed by atoms with Crippen molar-refractivity contribution >= 4 is 11.7 Å². The number of amides is 2. The standard InChI is InChI=1S/C27H25N3O2/c1-19-8-3-5-10-23(19)26-25-12-7-17-29(25)24-11-6-4-9-20(24)18-30(26)27(31)28-21-13-15-22(32-2)16-14-21/h3-17,26H,18H2,1-2H3,(H,28,31)/t26-/m1/s1. The molecule has 4 aromatic rings. The molecule has 160 valence electrons. The number of urea groups is 1. The first-order chi connectivity index (χ1) is 15.7. The molecule has 2 amide bonds. The molecule has 1 aromatic heterocycles. The fraction of sp³-hybridized carbons (Fsp3) is 0.148. The first-order valence-electron chi connectivity index (χ1n) is 10.7. The van der Waals surface area contributed by atoms with Gasteiger partial charge in [-0.2, -0.15) is 0 Å². The summed E-state index contributed by atoms with van der Waals surface area (Å²) in [5, 5.41) is 3.09. The van der Waals surface area contributed by atoms with Gasteiger partial charge in [0.2, 0.25) is 0 Å². The number of hydrogen-bond acceptors (Lipinski definition) is 2. The lowest BCUT2D eigenvalue weighted by Gasteiger charge is -2.32. The third kappa shape index (κ3) is 3.52. The predicted octanol–water partition coefficient (Wildman–Crippen LogP) is 5.93. The zero-order chi connectivity index (χ0) is 22.1. The lowest BCUT2D eigenvalue weighted by atomic mass is 9.97. The second-order valence-electron chi connectivity index (χ2n) is 7.98. The van der Waals surface area contributed by atoms with Crippen LogP contribution in [0, 0.1) is 6.92 Å². The highest BCUT2D eigenvalue weighted by molar-refractivity contribution is 5.90. The van der Waals surface area contributed by atoms with Gasteiger partial charge in [0.25, 0.3) is 0 Å². The van der Waals surface area contributed by atoms with E-state index in [0.717, 1.165) is 39.5 Å². The number of carbonyl (C=O) groups excluding carboxylic acids is 1. The fourth-order valence-corrected chi connectivity index (χ4v) is 4.43. The zero-order valence-corrected chi connectivity index (χ0v) is 18.2. The molecule has 1 aliphatic rings. The van der Waals surface area contributed by atoms with Crippen molar-refractivity contribution in [3.63, 3.8) is 0 Å². The molecule has 5 rings (SSSR count). The van der Waals surface area contributed by atoms with Crippen molar-refractivity contribution in [2.45, 2.75) is 19.5 Å². The number of ether oxygens (including phenoxy) is 1.